The van der Waals surface area contributed by atoms with Gasteiger partial charge in [0.05, 0.1) is 6.33 Å². The van der Waals surface area contributed by atoms with E-state index in [2.05, 4.69) is 15.3 Å². The van der Waals surface area contributed by atoms with Gasteiger partial charge in [0.25, 0.3) is 5.56 Å². The van der Waals surface area contributed by atoms with Gasteiger partial charge in [-0.3, -0.25) is 4.79 Å². The number of H-pyrrole nitrogens is 1. The zero-order valence-corrected chi connectivity index (χ0v) is 11.3. The van der Waals surface area contributed by atoms with Crippen LogP contribution < -0.4 is 16.6 Å². The van der Waals surface area contributed by atoms with E-state index in [9.17, 15) is 4.79 Å². The zero-order valence-electron chi connectivity index (χ0n) is 9.13. The first-order chi connectivity index (χ1) is 7.75. The van der Waals surface area contributed by atoms with Crippen molar-refractivity contribution in [3.8, 4) is 0 Å². The minimum absolute atomic E-state index is 0.0961. The molecule has 90 valence electrons. The van der Waals surface area contributed by atoms with Crippen molar-refractivity contribution in [1.82, 2.24) is 9.97 Å². The van der Waals surface area contributed by atoms with Crippen molar-refractivity contribution in [2.45, 2.75) is 25.7 Å². The van der Waals surface area contributed by atoms with Gasteiger partial charge in [-0.25, -0.2) is 4.98 Å². The Balaban J connectivity index is 2.27. The molecule has 0 bridgehead atoms. The first kappa shape index (κ1) is 13.4. The van der Waals surface area contributed by atoms with E-state index in [0.717, 1.165) is 38.8 Å². The van der Waals surface area contributed by atoms with Crippen molar-refractivity contribution in [2.24, 2.45) is 5.73 Å². The number of unbranched alkanes of at least 4 members (excludes halogenated alkanes) is 3. The van der Waals surface area contributed by atoms with Crippen LogP contribution in [0.15, 0.2) is 11.1 Å². The fraction of sp³-hybridized carbons (Fsp3) is 0.600. The van der Waals surface area contributed by atoms with Crippen LogP contribution in [-0.4, -0.2) is 23.1 Å². The first-order valence-corrected chi connectivity index (χ1v) is 6.50. The Labute approximate surface area is 108 Å². The molecule has 16 heavy (non-hydrogen) atoms. The summed E-state index contributed by atoms with van der Waals surface area (Å²) in [6.07, 6.45) is 5.90. The number of rotatable bonds is 7. The minimum Gasteiger partial charge on any atom is -0.369 e. The van der Waals surface area contributed by atoms with Crippen LogP contribution in [-0.2, 0) is 0 Å². The zero-order chi connectivity index (χ0) is 11.8. The molecule has 1 aromatic heterocycles. The van der Waals surface area contributed by atoms with Gasteiger partial charge in [0.15, 0.2) is 0 Å². The summed E-state index contributed by atoms with van der Waals surface area (Å²) in [6, 6.07) is 0. The van der Waals surface area contributed by atoms with Crippen LogP contribution in [0.5, 0.6) is 0 Å². The highest BCUT2D eigenvalue weighted by atomic mass is 127. The summed E-state index contributed by atoms with van der Waals surface area (Å²) in [6.45, 7) is 1.61. The molecule has 0 spiro atoms. The standard InChI is InChI=1S/C10H17IN4O/c11-8-9(14-7-15-10(8)16)13-6-4-2-1-3-5-12/h7H,1-6,12H2,(H2,13,14,15,16). The maximum Gasteiger partial charge on any atom is 0.266 e. The molecule has 0 aromatic carbocycles. The predicted octanol–water partition coefficient (Wildman–Crippen LogP) is 1.31. The average molecular weight is 336 g/mol. The second-order valence-corrected chi connectivity index (χ2v) is 4.60. The van der Waals surface area contributed by atoms with E-state index < -0.39 is 0 Å². The van der Waals surface area contributed by atoms with Crippen molar-refractivity contribution in [2.75, 3.05) is 18.4 Å². The van der Waals surface area contributed by atoms with Gasteiger partial charge in [0, 0.05) is 6.54 Å². The normalized spacial score (nSPS) is 10.4. The average Bonchev–Trinajstić information content (AvgIpc) is 2.29. The minimum atomic E-state index is -0.0961. The SMILES string of the molecule is NCCCCCCNc1nc[nH]c(=O)c1I. The largest absolute Gasteiger partial charge is 0.369 e. The number of nitrogens with two attached hydrogens (primary N) is 1. The van der Waals surface area contributed by atoms with E-state index in [1.807, 2.05) is 22.6 Å². The number of anilines is 1. The molecule has 1 rings (SSSR count). The molecule has 0 fully saturated rings. The summed E-state index contributed by atoms with van der Waals surface area (Å²) in [5.41, 5.74) is 5.31. The van der Waals surface area contributed by atoms with Crippen LogP contribution in [0.25, 0.3) is 0 Å². The third-order valence-corrected chi connectivity index (χ3v) is 3.22. The van der Waals surface area contributed by atoms with Gasteiger partial charge in [0.2, 0.25) is 0 Å². The molecular weight excluding hydrogens is 319 g/mol. The molecule has 6 heteroatoms. The van der Waals surface area contributed by atoms with Gasteiger partial charge in [-0.1, -0.05) is 12.8 Å². The molecule has 1 aromatic rings. The smallest absolute Gasteiger partial charge is 0.266 e. The molecule has 0 atom stereocenters. The number of nitrogens with zero attached hydrogens (tertiary/aromatic N) is 1. The summed E-state index contributed by atoms with van der Waals surface area (Å²) in [7, 11) is 0. The highest BCUT2D eigenvalue weighted by Gasteiger charge is 2.03. The van der Waals surface area contributed by atoms with Gasteiger partial charge < -0.3 is 16.0 Å². The topological polar surface area (TPSA) is 83.8 Å². The Morgan fingerprint density at radius 3 is 2.88 bits per heavy atom. The third-order valence-electron chi connectivity index (χ3n) is 2.22. The predicted molar refractivity (Wildman–Crippen MR) is 73.6 cm³/mol. The van der Waals surface area contributed by atoms with Crippen molar-refractivity contribution < 1.29 is 0 Å². The van der Waals surface area contributed by atoms with E-state index in [4.69, 9.17) is 5.73 Å². The van der Waals surface area contributed by atoms with Crippen molar-refractivity contribution in [1.29, 1.82) is 0 Å². The molecule has 0 aliphatic carbocycles. The second kappa shape index (κ2) is 7.61. The van der Waals surface area contributed by atoms with Crippen LogP contribution in [0.1, 0.15) is 25.7 Å². The molecule has 0 unspecified atom stereocenters. The molecule has 5 nitrogen and oxygen atoms in total. The second-order valence-electron chi connectivity index (χ2n) is 3.52. The van der Waals surface area contributed by atoms with E-state index in [0.29, 0.717) is 9.39 Å². The summed E-state index contributed by atoms with van der Waals surface area (Å²) in [5.74, 6) is 0.670. The fourth-order valence-electron chi connectivity index (χ4n) is 1.34. The fourth-order valence-corrected chi connectivity index (χ4v) is 1.82. The first-order valence-electron chi connectivity index (χ1n) is 5.43. The summed E-state index contributed by atoms with van der Waals surface area (Å²) >= 11 is 1.99. The molecule has 0 aliphatic heterocycles. The maximum atomic E-state index is 11.3. The lowest BCUT2D eigenvalue weighted by Crippen LogP contribution is -2.15. The Bertz CT molecular complexity index is 366. The number of aromatic amines is 1. The number of hydrogen-bond donors (Lipinski definition) is 3. The van der Waals surface area contributed by atoms with Crippen LogP contribution in [0, 0.1) is 3.57 Å². The molecule has 0 saturated heterocycles. The number of hydrogen-bond acceptors (Lipinski definition) is 4. The number of nitrogens with one attached hydrogen (secondary N) is 2. The number of halogens is 1. The quantitative estimate of drug-likeness (QED) is 0.518. The monoisotopic (exact) mass is 336 g/mol. The van der Waals surface area contributed by atoms with Crippen LogP contribution in [0.2, 0.25) is 0 Å². The molecular formula is C10H17IN4O. The lowest BCUT2D eigenvalue weighted by atomic mass is 10.2. The van der Waals surface area contributed by atoms with E-state index in [-0.39, 0.29) is 5.56 Å². The molecule has 4 N–H and O–H groups in total. The van der Waals surface area contributed by atoms with Gasteiger partial charge in [0.1, 0.15) is 9.39 Å². The highest BCUT2D eigenvalue weighted by Crippen LogP contribution is 2.09. The Morgan fingerprint density at radius 2 is 2.12 bits per heavy atom. The third kappa shape index (κ3) is 4.48. The highest BCUT2D eigenvalue weighted by molar-refractivity contribution is 14.1. The summed E-state index contributed by atoms with van der Waals surface area (Å²) in [4.78, 5) is 17.9. The van der Waals surface area contributed by atoms with Gasteiger partial charge in [-0.2, -0.15) is 0 Å². The van der Waals surface area contributed by atoms with Crippen LogP contribution in [0.4, 0.5) is 5.82 Å². The van der Waals surface area contributed by atoms with Gasteiger partial charge in [-0.15, -0.1) is 0 Å². The molecule has 1 heterocycles. The Kier molecular flexibility index (Phi) is 6.39. The Hall–Kier alpha value is -0.630. The molecule has 0 radical (unpaired) electrons. The number of aromatic nitrogens is 2. The lowest BCUT2D eigenvalue weighted by molar-refractivity contribution is 0.660. The van der Waals surface area contributed by atoms with Crippen molar-refractivity contribution >= 4 is 28.4 Å². The van der Waals surface area contributed by atoms with E-state index in [1.165, 1.54) is 6.33 Å². The van der Waals surface area contributed by atoms with Crippen molar-refractivity contribution in [3.05, 3.63) is 20.3 Å². The van der Waals surface area contributed by atoms with Crippen LogP contribution in [0.3, 0.4) is 0 Å². The molecule has 0 amide bonds. The van der Waals surface area contributed by atoms with E-state index in [1.54, 1.807) is 0 Å². The van der Waals surface area contributed by atoms with Crippen molar-refractivity contribution in [3.63, 3.8) is 0 Å². The van der Waals surface area contributed by atoms with Gasteiger partial charge >= 0.3 is 0 Å². The molecule has 0 aliphatic rings. The maximum absolute atomic E-state index is 11.3. The van der Waals surface area contributed by atoms with Crippen LogP contribution >= 0.6 is 22.6 Å². The van der Waals surface area contributed by atoms with E-state index >= 15 is 0 Å². The Morgan fingerprint density at radius 1 is 1.38 bits per heavy atom. The lowest BCUT2D eigenvalue weighted by Gasteiger charge is -2.06. The summed E-state index contributed by atoms with van der Waals surface area (Å²) in [5, 5.41) is 3.16. The molecule has 0 saturated carbocycles. The summed E-state index contributed by atoms with van der Waals surface area (Å²) < 4.78 is 0.613. The van der Waals surface area contributed by atoms with Gasteiger partial charge in [-0.05, 0) is 42.0 Å².